The first-order valence-electron chi connectivity index (χ1n) is 7.96. The lowest BCUT2D eigenvalue weighted by Crippen LogP contribution is -2.37. The number of alkyl halides is 3. The van der Waals surface area contributed by atoms with Crippen molar-refractivity contribution in [1.29, 1.82) is 0 Å². The van der Waals surface area contributed by atoms with Crippen molar-refractivity contribution in [2.24, 2.45) is 0 Å². The van der Waals surface area contributed by atoms with Crippen molar-refractivity contribution in [2.45, 2.75) is 18.8 Å². The van der Waals surface area contributed by atoms with Gasteiger partial charge in [-0.15, -0.1) is 0 Å². The summed E-state index contributed by atoms with van der Waals surface area (Å²) in [7, 11) is 2.67. The summed E-state index contributed by atoms with van der Waals surface area (Å²) in [5.41, 5.74) is -3.12. The summed E-state index contributed by atoms with van der Waals surface area (Å²) in [6.45, 7) is -0.603. The highest BCUT2D eigenvalue weighted by Gasteiger charge is 2.39. The summed E-state index contributed by atoms with van der Waals surface area (Å²) in [5.74, 6) is -0.880. The Bertz CT molecular complexity index is 881. The standard InChI is InChI=1S/C17H18F3N3O5/c1-27-9-13(16(25)26)22-12-7-21-23(15(24)14(12)17(18,19)20)8-10-3-5-11(28-2)6-4-10/h3-7,13,22H,8-9H2,1-2H3,(H,25,26)/t13-/m0/s1. The second-order valence-electron chi connectivity index (χ2n) is 5.73. The molecule has 1 aromatic heterocycles. The number of benzene rings is 1. The largest absolute Gasteiger partial charge is 0.497 e. The first-order chi connectivity index (χ1) is 13.2. The third-order valence-corrected chi connectivity index (χ3v) is 3.78. The average molecular weight is 401 g/mol. The molecule has 1 heterocycles. The number of hydrogen-bond donors (Lipinski definition) is 2. The van der Waals surface area contributed by atoms with Gasteiger partial charge in [0.1, 0.15) is 17.4 Å². The molecule has 1 atom stereocenters. The minimum Gasteiger partial charge on any atom is -0.497 e. The summed E-state index contributed by atoms with van der Waals surface area (Å²) in [5, 5.41) is 15.0. The first kappa shape index (κ1) is 21.2. The number of nitrogens with zero attached hydrogens (tertiary/aromatic N) is 2. The molecule has 11 heteroatoms. The number of aromatic nitrogens is 2. The average Bonchev–Trinajstić information content (AvgIpc) is 2.63. The van der Waals surface area contributed by atoms with Gasteiger partial charge >= 0.3 is 12.1 Å². The molecular weight excluding hydrogens is 383 g/mol. The number of hydrogen-bond acceptors (Lipinski definition) is 6. The summed E-state index contributed by atoms with van der Waals surface area (Å²) < 4.78 is 50.8. The zero-order chi connectivity index (χ0) is 20.9. The Labute approximate surface area is 157 Å². The molecule has 28 heavy (non-hydrogen) atoms. The van der Waals surface area contributed by atoms with Gasteiger partial charge in [0.2, 0.25) is 0 Å². The number of anilines is 1. The zero-order valence-electron chi connectivity index (χ0n) is 15.0. The van der Waals surface area contributed by atoms with E-state index >= 15 is 0 Å². The van der Waals surface area contributed by atoms with Gasteiger partial charge in [0.05, 0.1) is 32.1 Å². The minimum absolute atomic E-state index is 0.202. The van der Waals surface area contributed by atoms with Gasteiger partial charge in [0, 0.05) is 7.11 Å². The molecule has 0 aliphatic rings. The van der Waals surface area contributed by atoms with Crippen LogP contribution >= 0.6 is 0 Å². The monoisotopic (exact) mass is 401 g/mol. The number of aliphatic carboxylic acids is 1. The second kappa shape index (κ2) is 8.74. The normalized spacial score (nSPS) is 12.5. The summed E-state index contributed by atoms with van der Waals surface area (Å²) in [4.78, 5) is 23.6. The van der Waals surface area contributed by atoms with Crippen molar-refractivity contribution < 1.29 is 32.5 Å². The molecule has 0 amide bonds. The van der Waals surface area contributed by atoms with E-state index in [1.165, 1.54) is 14.2 Å². The van der Waals surface area contributed by atoms with E-state index < -0.39 is 41.6 Å². The number of carboxylic acid groups (broad SMARTS) is 1. The molecule has 1 aromatic carbocycles. The molecule has 2 rings (SSSR count). The highest BCUT2D eigenvalue weighted by Crippen LogP contribution is 2.32. The number of nitrogens with one attached hydrogen (secondary N) is 1. The lowest BCUT2D eigenvalue weighted by atomic mass is 10.2. The molecule has 0 radical (unpaired) electrons. The first-order valence-corrected chi connectivity index (χ1v) is 7.96. The number of methoxy groups -OCH3 is 2. The molecule has 0 unspecified atom stereocenters. The maximum Gasteiger partial charge on any atom is 0.423 e. The SMILES string of the molecule is COC[C@H](Nc1cnn(Cc2ccc(OC)cc2)c(=O)c1C(F)(F)F)C(=O)O. The molecule has 0 spiro atoms. The van der Waals surface area contributed by atoms with Crippen LogP contribution < -0.4 is 15.6 Å². The van der Waals surface area contributed by atoms with Gasteiger partial charge in [-0.25, -0.2) is 9.48 Å². The van der Waals surface area contributed by atoms with Crippen LogP contribution in [0.3, 0.4) is 0 Å². The summed E-state index contributed by atoms with van der Waals surface area (Å²) >= 11 is 0. The Morgan fingerprint density at radius 2 is 1.93 bits per heavy atom. The van der Waals surface area contributed by atoms with E-state index in [-0.39, 0.29) is 6.54 Å². The molecule has 0 aliphatic heterocycles. The van der Waals surface area contributed by atoms with E-state index in [0.29, 0.717) is 16.0 Å². The maximum atomic E-state index is 13.5. The molecule has 0 saturated carbocycles. The topological polar surface area (TPSA) is 103 Å². The van der Waals surface area contributed by atoms with Crippen LogP contribution in [0.4, 0.5) is 18.9 Å². The summed E-state index contributed by atoms with van der Waals surface area (Å²) in [6.07, 6.45) is -4.24. The molecule has 2 N–H and O–H groups in total. The van der Waals surface area contributed by atoms with E-state index in [1.807, 2.05) is 0 Å². The fourth-order valence-corrected chi connectivity index (χ4v) is 2.42. The number of halogens is 3. The van der Waals surface area contributed by atoms with Crippen molar-refractivity contribution >= 4 is 11.7 Å². The van der Waals surface area contributed by atoms with Crippen LogP contribution in [0.25, 0.3) is 0 Å². The molecule has 0 saturated heterocycles. The van der Waals surface area contributed by atoms with Crippen molar-refractivity contribution in [3.63, 3.8) is 0 Å². The van der Waals surface area contributed by atoms with Gasteiger partial charge in [0.15, 0.2) is 0 Å². The second-order valence-corrected chi connectivity index (χ2v) is 5.73. The number of carbonyl (C=O) groups is 1. The molecule has 0 bridgehead atoms. The van der Waals surface area contributed by atoms with Crippen molar-refractivity contribution in [1.82, 2.24) is 9.78 Å². The predicted octanol–water partition coefficient (Wildman–Crippen LogP) is 1.83. The van der Waals surface area contributed by atoms with Gasteiger partial charge in [0.25, 0.3) is 5.56 Å². The third kappa shape index (κ3) is 5.00. The Morgan fingerprint density at radius 3 is 2.43 bits per heavy atom. The molecular formula is C17H18F3N3O5. The lowest BCUT2D eigenvalue weighted by molar-refractivity contribution is -0.140. The van der Waals surface area contributed by atoms with Crippen LogP contribution in [-0.4, -0.2) is 47.7 Å². The maximum absolute atomic E-state index is 13.5. The number of rotatable bonds is 8. The number of ether oxygens (including phenoxy) is 2. The summed E-state index contributed by atoms with van der Waals surface area (Å²) in [6, 6.07) is 4.90. The predicted molar refractivity (Wildman–Crippen MR) is 92.5 cm³/mol. The molecule has 152 valence electrons. The van der Waals surface area contributed by atoms with E-state index in [0.717, 1.165) is 6.20 Å². The van der Waals surface area contributed by atoms with Gasteiger partial charge < -0.3 is 19.9 Å². The van der Waals surface area contributed by atoms with E-state index in [1.54, 1.807) is 24.3 Å². The van der Waals surface area contributed by atoms with E-state index in [4.69, 9.17) is 9.84 Å². The fraction of sp³-hybridized carbons (Fsp3) is 0.353. The van der Waals surface area contributed by atoms with Gasteiger partial charge in [-0.05, 0) is 17.7 Å². The molecule has 2 aromatic rings. The quantitative estimate of drug-likeness (QED) is 0.696. The Morgan fingerprint density at radius 1 is 1.29 bits per heavy atom. The third-order valence-electron chi connectivity index (χ3n) is 3.78. The highest BCUT2D eigenvalue weighted by atomic mass is 19.4. The van der Waals surface area contributed by atoms with Crippen molar-refractivity contribution in [3.8, 4) is 5.75 Å². The lowest BCUT2D eigenvalue weighted by Gasteiger charge is -2.19. The van der Waals surface area contributed by atoms with Crippen LogP contribution in [0.5, 0.6) is 5.75 Å². The van der Waals surface area contributed by atoms with Gasteiger partial charge in [-0.3, -0.25) is 4.79 Å². The molecule has 8 nitrogen and oxygen atoms in total. The van der Waals surface area contributed by atoms with Crippen LogP contribution in [-0.2, 0) is 22.3 Å². The van der Waals surface area contributed by atoms with Crippen molar-refractivity contribution in [2.75, 3.05) is 26.1 Å². The van der Waals surface area contributed by atoms with Crippen LogP contribution in [0, 0.1) is 0 Å². The van der Waals surface area contributed by atoms with Crippen LogP contribution in [0.1, 0.15) is 11.1 Å². The van der Waals surface area contributed by atoms with E-state index in [9.17, 15) is 22.8 Å². The Balaban J connectivity index is 2.42. The minimum atomic E-state index is -5.01. The van der Waals surface area contributed by atoms with E-state index in [2.05, 4.69) is 15.2 Å². The smallest absolute Gasteiger partial charge is 0.423 e. The van der Waals surface area contributed by atoms with Crippen molar-refractivity contribution in [3.05, 3.63) is 51.9 Å². The molecule has 0 fully saturated rings. The Kier molecular flexibility index (Phi) is 6.62. The van der Waals surface area contributed by atoms with Crippen LogP contribution in [0.15, 0.2) is 35.3 Å². The number of carboxylic acids is 1. The fourth-order valence-electron chi connectivity index (χ4n) is 2.42. The zero-order valence-corrected chi connectivity index (χ0v) is 15.0. The van der Waals surface area contributed by atoms with Gasteiger partial charge in [-0.1, -0.05) is 12.1 Å². The van der Waals surface area contributed by atoms with Gasteiger partial charge in [-0.2, -0.15) is 18.3 Å². The molecule has 0 aliphatic carbocycles. The Hall–Kier alpha value is -3.08. The van der Waals surface area contributed by atoms with Crippen LogP contribution in [0.2, 0.25) is 0 Å². The highest BCUT2D eigenvalue weighted by molar-refractivity contribution is 5.77.